The summed E-state index contributed by atoms with van der Waals surface area (Å²) in [6.07, 6.45) is 2.05. The Morgan fingerprint density at radius 3 is 2.82 bits per heavy atom. The van der Waals surface area contributed by atoms with Crippen LogP contribution in [0.25, 0.3) is 0 Å². The number of carbonyl (C=O) groups is 1. The maximum absolute atomic E-state index is 10.6. The summed E-state index contributed by atoms with van der Waals surface area (Å²) in [5.41, 5.74) is 0. The van der Waals surface area contributed by atoms with Crippen molar-refractivity contribution in [1.82, 2.24) is 0 Å². The lowest BCUT2D eigenvalue weighted by atomic mass is 10.0. The quantitative estimate of drug-likeness (QED) is 0.851. The second kappa shape index (κ2) is 5.84. The van der Waals surface area contributed by atoms with E-state index in [0.717, 1.165) is 26.1 Å². The third kappa shape index (κ3) is 3.57. The van der Waals surface area contributed by atoms with Crippen LogP contribution in [0.15, 0.2) is 16.5 Å². The Kier molecular flexibility index (Phi) is 4.17. The lowest BCUT2D eigenvalue weighted by molar-refractivity contribution is 0.0116. The van der Waals surface area contributed by atoms with E-state index in [4.69, 9.17) is 19.0 Å². The maximum atomic E-state index is 10.6. The predicted molar refractivity (Wildman–Crippen MR) is 58.9 cm³/mol. The monoisotopic (exact) mass is 240 g/mol. The van der Waals surface area contributed by atoms with Gasteiger partial charge in [0.1, 0.15) is 12.4 Å². The molecule has 1 saturated heterocycles. The van der Waals surface area contributed by atoms with Gasteiger partial charge in [-0.05, 0) is 30.9 Å². The van der Waals surface area contributed by atoms with Crippen LogP contribution >= 0.6 is 0 Å². The van der Waals surface area contributed by atoms with Gasteiger partial charge in [-0.1, -0.05) is 0 Å². The highest BCUT2D eigenvalue weighted by Crippen LogP contribution is 2.16. The standard InChI is InChI=1S/C12H16O5/c13-12(14)11-2-1-10(17-11)8-16-7-9-3-5-15-6-4-9/h1-2,9H,3-8H2,(H,13,14). The van der Waals surface area contributed by atoms with Crippen molar-refractivity contribution in [2.75, 3.05) is 19.8 Å². The molecule has 5 heteroatoms. The molecule has 1 aromatic heterocycles. The second-order valence-corrected chi connectivity index (χ2v) is 4.14. The highest BCUT2D eigenvalue weighted by Gasteiger charge is 2.14. The van der Waals surface area contributed by atoms with Crippen molar-refractivity contribution in [1.29, 1.82) is 0 Å². The summed E-state index contributed by atoms with van der Waals surface area (Å²) in [4.78, 5) is 10.6. The molecule has 1 aromatic rings. The van der Waals surface area contributed by atoms with Crippen LogP contribution in [0.3, 0.4) is 0 Å². The molecule has 0 radical (unpaired) electrons. The molecule has 0 amide bonds. The van der Waals surface area contributed by atoms with E-state index < -0.39 is 5.97 Å². The minimum Gasteiger partial charge on any atom is -0.475 e. The summed E-state index contributed by atoms with van der Waals surface area (Å²) in [5, 5.41) is 8.68. The normalized spacial score (nSPS) is 17.2. The van der Waals surface area contributed by atoms with E-state index in [-0.39, 0.29) is 5.76 Å². The molecule has 0 saturated carbocycles. The van der Waals surface area contributed by atoms with Gasteiger partial charge in [-0.3, -0.25) is 0 Å². The molecule has 1 N–H and O–H groups in total. The highest BCUT2D eigenvalue weighted by molar-refractivity contribution is 5.84. The Labute approximate surface area is 99.3 Å². The zero-order valence-electron chi connectivity index (χ0n) is 9.55. The summed E-state index contributed by atoms with van der Waals surface area (Å²) in [5.74, 6) is -0.0116. The zero-order valence-corrected chi connectivity index (χ0v) is 9.55. The average Bonchev–Trinajstić information content (AvgIpc) is 2.79. The van der Waals surface area contributed by atoms with Crippen LogP contribution < -0.4 is 0 Å². The van der Waals surface area contributed by atoms with Crippen molar-refractivity contribution in [3.05, 3.63) is 23.7 Å². The van der Waals surface area contributed by atoms with Gasteiger partial charge in [0.15, 0.2) is 0 Å². The summed E-state index contributed by atoms with van der Waals surface area (Å²) in [6.45, 7) is 2.60. The lowest BCUT2D eigenvalue weighted by Crippen LogP contribution is -2.20. The Morgan fingerprint density at radius 1 is 1.41 bits per heavy atom. The van der Waals surface area contributed by atoms with Gasteiger partial charge < -0.3 is 19.0 Å². The summed E-state index contributed by atoms with van der Waals surface area (Å²) < 4.78 is 15.8. The van der Waals surface area contributed by atoms with E-state index in [1.165, 1.54) is 6.07 Å². The van der Waals surface area contributed by atoms with E-state index in [0.29, 0.717) is 24.9 Å². The fraction of sp³-hybridized carbons (Fsp3) is 0.583. The molecule has 0 atom stereocenters. The third-order valence-corrected chi connectivity index (χ3v) is 2.81. The van der Waals surface area contributed by atoms with Gasteiger partial charge in [-0.2, -0.15) is 0 Å². The Morgan fingerprint density at radius 2 is 2.18 bits per heavy atom. The van der Waals surface area contributed by atoms with Gasteiger partial charge in [0, 0.05) is 13.2 Å². The van der Waals surface area contributed by atoms with Crippen LogP contribution in [0, 0.1) is 5.92 Å². The van der Waals surface area contributed by atoms with Crippen molar-refractivity contribution in [2.24, 2.45) is 5.92 Å². The molecule has 2 rings (SSSR count). The van der Waals surface area contributed by atoms with E-state index in [1.54, 1.807) is 6.07 Å². The molecule has 5 nitrogen and oxygen atoms in total. The molecule has 2 heterocycles. The summed E-state index contributed by atoms with van der Waals surface area (Å²) in [6, 6.07) is 3.07. The van der Waals surface area contributed by atoms with Gasteiger partial charge in [0.05, 0.1) is 6.61 Å². The number of furan rings is 1. The van der Waals surface area contributed by atoms with Gasteiger partial charge >= 0.3 is 5.97 Å². The molecule has 1 aliphatic rings. The number of hydrogen-bond acceptors (Lipinski definition) is 4. The Bertz CT molecular complexity index is 365. The zero-order chi connectivity index (χ0) is 12.1. The summed E-state index contributed by atoms with van der Waals surface area (Å²) >= 11 is 0. The minimum atomic E-state index is -1.05. The van der Waals surface area contributed by atoms with Crippen molar-refractivity contribution in [3.8, 4) is 0 Å². The SMILES string of the molecule is O=C(O)c1ccc(COCC2CCOCC2)o1. The molecule has 0 aliphatic carbocycles. The molecular weight excluding hydrogens is 224 g/mol. The fourth-order valence-corrected chi connectivity index (χ4v) is 1.81. The number of rotatable bonds is 5. The Hall–Kier alpha value is -1.33. The van der Waals surface area contributed by atoms with E-state index in [2.05, 4.69) is 0 Å². The summed E-state index contributed by atoms with van der Waals surface area (Å²) in [7, 11) is 0. The first kappa shape index (κ1) is 12.1. The van der Waals surface area contributed by atoms with E-state index in [9.17, 15) is 4.79 Å². The topological polar surface area (TPSA) is 68.9 Å². The predicted octanol–water partition coefficient (Wildman–Crippen LogP) is 1.92. The first-order valence-electron chi connectivity index (χ1n) is 5.73. The van der Waals surface area contributed by atoms with Crippen LogP contribution in [0.5, 0.6) is 0 Å². The number of carboxylic acids is 1. The van der Waals surface area contributed by atoms with Gasteiger partial charge in [-0.25, -0.2) is 4.79 Å². The second-order valence-electron chi connectivity index (χ2n) is 4.14. The molecular formula is C12H16O5. The van der Waals surface area contributed by atoms with Gasteiger partial charge in [0.25, 0.3) is 0 Å². The highest BCUT2D eigenvalue weighted by atomic mass is 16.5. The van der Waals surface area contributed by atoms with E-state index in [1.807, 2.05) is 0 Å². The molecule has 17 heavy (non-hydrogen) atoms. The third-order valence-electron chi connectivity index (χ3n) is 2.81. The average molecular weight is 240 g/mol. The van der Waals surface area contributed by atoms with Gasteiger partial charge in [0.2, 0.25) is 5.76 Å². The molecule has 0 unspecified atom stereocenters. The van der Waals surface area contributed by atoms with Crippen molar-refractivity contribution in [3.63, 3.8) is 0 Å². The molecule has 0 spiro atoms. The fourth-order valence-electron chi connectivity index (χ4n) is 1.81. The van der Waals surface area contributed by atoms with Crippen LogP contribution in [-0.4, -0.2) is 30.9 Å². The van der Waals surface area contributed by atoms with Gasteiger partial charge in [-0.15, -0.1) is 0 Å². The molecule has 1 aliphatic heterocycles. The number of carboxylic acid groups (broad SMARTS) is 1. The van der Waals surface area contributed by atoms with Crippen LogP contribution in [0.1, 0.15) is 29.2 Å². The molecule has 0 bridgehead atoms. The maximum Gasteiger partial charge on any atom is 0.371 e. The smallest absolute Gasteiger partial charge is 0.371 e. The number of aromatic carboxylic acids is 1. The first-order chi connectivity index (χ1) is 8.25. The van der Waals surface area contributed by atoms with Crippen LogP contribution in [0.4, 0.5) is 0 Å². The Balaban J connectivity index is 1.71. The minimum absolute atomic E-state index is 0.0466. The molecule has 1 fully saturated rings. The van der Waals surface area contributed by atoms with Crippen molar-refractivity contribution < 1.29 is 23.8 Å². The van der Waals surface area contributed by atoms with Crippen molar-refractivity contribution >= 4 is 5.97 Å². The largest absolute Gasteiger partial charge is 0.475 e. The first-order valence-corrected chi connectivity index (χ1v) is 5.73. The lowest BCUT2D eigenvalue weighted by Gasteiger charge is -2.21. The molecule has 0 aromatic carbocycles. The molecule has 94 valence electrons. The number of hydrogen-bond donors (Lipinski definition) is 1. The number of ether oxygens (including phenoxy) is 2. The van der Waals surface area contributed by atoms with Crippen LogP contribution in [-0.2, 0) is 16.1 Å². The van der Waals surface area contributed by atoms with Crippen molar-refractivity contribution in [2.45, 2.75) is 19.4 Å². The van der Waals surface area contributed by atoms with E-state index >= 15 is 0 Å². The van der Waals surface area contributed by atoms with Crippen LogP contribution in [0.2, 0.25) is 0 Å².